The van der Waals surface area contributed by atoms with Crippen LogP contribution in [0.15, 0.2) is 0 Å². The highest BCUT2D eigenvalue weighted by atomic mass is 35.5. The zero-order valence-electron chi connectivity index (χ0n) is 17.0. The third kappa shape index (κ3) is 4.24. The minimum Gasteiger partial charge on any atom is -0.369 e. The van der Waals surface area contributed by atoms with Gasteiger partial charge in [0.2, 0.25) is 5.95 Å². The van der Waals surface area contributed by atoms with Crippen LogP contribution in [0.2, 0.25) is 5.02 Å². The molecule has 2 atom stereocenters. The number of hydrogen-bond acceptors (Lipinski definition) is 6. The Labute approximate surface area is 161 Å². The molecule has 2 saturated heterocycles. The van der Waals surface area contributed by atoms with E-state index in [0.717, 1.165) is 43.6 Å². The fourth-order valence-corrected chi connectivity index (χ4v) is 4.31. The minimum atomic E-state index is -0.241. The lowest BCUT2D eigenvalue weighted by Gasteiger charge is -2.43. The molecule has 0 spiro atoms. The minimum absolute atomic E-state index is 0.121. The van der Waals surface area contributed by atoms with Crippen molar-refractivity contribution in [3.8, 4) is 0 Å². The predicted molar refractivity (Wildman–Crippen MR) is 105 cm³/mol. The Balaban J connectivity index is 1.95. The summed E-state index contributed by atoms with van der Waals surface area (Å²) >= 11 is 6.61. The van der Waals surface area contributed by atoms with E-state index >= 15 is 0 Å². The Hall–Kier alpha value is -1.11. The normalized spacial score (nSPS) is 28.3. The number of nitrogens with zero attached hydrogens (tertiary/aromatic N) is 4. The van der Waals surface area contributed by atoms with Gasteiger partial charge in [0.1, 0.15) is 5.02 Å². The van der Waals surface area contributed by atoms with Crippen LogP contribution in [0.25, 0.3) is 0 Å². The fourth-order valence-electron chi connectivity index (χ4n) is 4.10. The van der Waals surface area contributed by atoms with Crippen molar-refractivity contribution in [1.82, 2.24) is 9.97 Å². The lowest BCUT2D eigenvalue weighted by atomic mass is 10.1. The van der Waals surface area contributed by atoms with Gasteiger partial charge in [-0.05, 0) is 48.5 Å². The van der Waals surface area contributed by atoms with Crippen molar-refractivity contribution < 1.29 is 9.47 Å². The van der Waals surface area contributed by atoms with E-state index in [-0.39, 0.29) is 23.4 Å². The maximum Gasteiger partial charge on any atom is 0.227 e. The number of aryl methyl sites for hydroxylation is 1. The van der Waals surface area contributed by atoms with E-state index in [4.69, 9.17) is 26.1 Å². The molecule has 0 saturated carbocycles. The first-order chi connectivity index (χ1) is 12.0. The van der Waals surface area contributed by atoms with Crippen molar-refractivity contribution in [2.24, 2.45) is 0 Å². The van der Waals surface area contributed by atoms with Gasteiger partial charge in [-0.3, -0.25) is 0 Å². The summed E-state index contributed by atoms with van der Waals surface area (Å²) in [6.45, 7) is 17.6. The summed E-state index contributed by atoms with van der Waals surface area (Å²) in [6, 6.07) is 0. The lowest BCUT2D eigenvalue weighted by molar-refractivity contribution is -0.0754. The molecule has 146 valence electrons. The maximum atomic E-state index is 6.61. The van der Waals surface area contributed by atoms with E-state index in [0.29, 0.717) is 5.02 Å². The summed E-state index contributed by atoms with van der Waals surface area (Å²) in [6.07, 6.45) is 0.250. The molecule has 0 aliphatic carbocycles. The van der Waals surface area contributed by atoms with Gasteiger partial charge in [0.05, 0.1) is 29.1 Å². The Morgan fingerprint density at radius 1 is 0.923 bits per heavy atom. The number of hydrogen-bond donors (Lipinski definition) is 0. The molecule has 0 bridgehead atoms. The van der Waals surface area contributed by atoms with Gasteiger partial charge in [0.15, 0.2) is 5.82 Å². The highest BCUT2D eigenvalue weighted by molar-refractivity contribution is 6.33. The Kier molecular flexibility index (Phi) is 5.14. The van der Waals surface area contributed by atoms with Gasteiger partial charge in [0.25, 0.3) is 0 Å². The first-order valence-corrected chi connectivity index (χ1v) is 9.73. The second-order valence-corrected chi connectivity index (χ2v) is 9.26. The van der Waals surface area contributed by atoms with E-state index in [1.807, 2.05) is 6.92 Å². The number of anilines is 2. The number of ether oxygens (including phenoxy) is 2. The molecule has 26 heavy (non-hydrogen) atoms. The van der Waals surface area contributed by atoms with Crippen LogP contribution in [-0.2, 0) is 9.47 Å². The molecule has 1 aromatic rings. The van der Waals surface area contributed by atoms with E-state index < -0.39 is 0 Å². The summed E-state index contributed by atoms with van der Waals surface area (Å²) in [5.41, 5.74) is 0.334. The SMILES string of the molecule is Cc1nc(N2C[C@H](C)OC(C)(C)C2)nc(N2C[C@@H](C)OC(C)(C)C2)c1Cl. The van der Waals surface area contributed by atoms with Crippen LogP contribution in [0, 0.1) is 6.92 Å². The Morgan fingerprint density at radius 3 is 1.96 bits per heavy atom. The van der Waals surface area contributed by atoms with Crippen LogP contribution in [-0.4, -0.2) is 59.6 Å². The van der Waals surface area contributed by atoms with Crippen LogP contribution in [0.4, 0.5) is 11.8 Å². The zero-order chi connectivity index (χ0) is 19.3. The average Bonchev–Trinajstić information content (AvgIpc) is 2.45. The third-order valence-corrected chi connectivity index (χ3v) is 5.15. The highest BCUT2D eigenvalue weighted by Gasteiger charge is 2.36. The molecular weight excluding hydrogens is 352 g/mol. The molecule has 0 N–H and O–H groups in total. The molecule has 0 radical (unpaired) electrons. The number of morpholine rings is 2. The van der Waals surface area contributed by atoms with Crippen molar-refractivity contribution in [3.05, 3.63) is 10.7 Å². The summed E-state index contributed by atoms with van der Waals surface area (Å²) in [4.78, 5) is 14.0. The van der Waals surface area contributed by atoms with Gasteiger partial charge >= 0.3 is 0 Å². The summed E-state index contributed by atoms with van der Waals surface area (Å²) in [7, 11) is 0. The first kappa shape index (κ1) is 19.6. The molecule has 0 unspecified atom stereocenters. The maximum absolute atomic E-state index is 6.61. The van der Waals surface area contributed by atoms with Gasteiger partial charge in [0, 0.05) is 26.2 Å². The van der Waals surface area contributed by atoms with Crippen LogP contribution in [0.5, 0.6) is 0 Å². The average molecular weight is 383 g/mol. The standard InChI is InChI=1S/C19H31ClN4O2/c1-12-8-23(10-18(4,5)25-12)16-15(20)14(3)21-17(22-16)24-9-13(2)26-19(6,7)11-24/h12-13H,8-11H2,1-7H3/t12-,13+/m1/s1. The fraction of sp³-hybridized carbons (Fsp3) is 0.789. The Morgan fingerprint density at radius 2 is 1.42 bits per heavy atom. The van der Waals surface area contributed by atoms with Gasteiger partial charge in [-0.1, -0.05) is 11.6 Å². The largest absolute Gasteiger partial charge is 0.369 e. The highest BCUT2D eigenvalue weighted by Crippen LogP contribution is 2.33. The number of rotatable bonds is 2. The number of halogens is 1. The van der Waals surface area contributed by atoms with Crippen molar-refractivity contribution in [3.63, 3.8) is 0 Å². The van der Waals surface area contributed by atoms with Crippen molar-refractivity contribution >= 4 is 23.4 Å². The lowest BCUT2D eigenvalue weighted by Crippen LogP contribution is -2.53. The van der Waals surface area contributed by atoms with E-state index in [1.165, 1.54) is 0 Å². The molecule has 0 aromatic carbocycles. The van der Waals surface area contributed by atoms with Gasteiger partial charge < -0.3 is 19.3 Å². The molecular formula is C19H31ClN4O2. The molecule has 0 amide bonds. The molecule has 7 heteroatoms. The number of aromatic nitrogens is 2. The molecule has 2 aliphatic heterocycles. The second-order valence-electron chi connectivity index (χ2n) is 8.88. The smallest absolute Gasteiger partial charge is 0.227 e. The van der Waals surface area contributed by atoms with Crippen LogP contribution >= 0.6 is 11.6 Å². The monoisotopic (exact) mass is 382 g/mol. The topological polar surface area (TPSA) is 50.7 Å². The van der Waals surface area contributed by atoms with Crippen molar-refractivity contribution in [2.45, 2.75) is 71.9 Å². The van der Waals surface area contributed by atoms with Gasteiger partial charge in [-0.2, -0.15) is 4.98 Å². The van der Waals surface area contributed by atoms with E-state index in [9.17, 15) is 0 Å². The predicted octanol–water partition coefficient (Wildman–Crippen LogP) is 3.45. The van der Waals surface area contributed by atoms with Crippen molar-refractivity contribution in [2.75, 3.05) is 36.0 Å². The van der Waals surface area contributed by atoms with Crippen molar-refractivity contribution in [1.29, 1.82) is 0 Å². The quantitative estimate of drug-likeness (QED) is 0.780. The third-order valence-electron chi connectivity index (χ3n) is 4.71. The summed E-state index contributed by atoms with van der Waals surface area (Å²) in [5.74, 6) is 1.52. The van der Waals surface area contributed by atoms with E-state index in [2.05, 4.69) is 56.3 Å². The van der Waals surface area contributed by atoms with Gasteiger partial charge in [-0.15, -0.1) is 0 Å². The van der Waals surface area contributed by atoms with E-state index in [1.54, 1.807) is 0 Å². The van der Waals surface area contributed by atoms with Crippen LogP contribution in [0.3, 0.4) is 0 Å². The summed E-state index contributed by atoms with van der Waals surface area (Å²) < 4.78 is 12.0. The molecule has 6 nitrogen and oxygen atoms in total. The summed E-state index contributed by atoms with van der Waals surface area (Å²) in [5, 5.41) is 0.624. The molecule has 1 aromatic heterocycles. The first-order valence-electron chi connectivity index (χ1n) is 9.35. The molecule has 3 heterocycles. The Bertz CT molecular complexity index is 680. The molecule has 2 aliphatic rings. The second kappa shape index (κ2) is 6.80. The molecule has 2 fully saturated rings. The van der Waals surface area contributed by atoms with Crippen LogP contribution < -0.4 is 9.80 Å². The van der Waals surface area contributed by atoms with Crippen LogP contribution in [0.1, 0.15) is 47.2 Å². The zero-order valence-corrected chi connectivity index (χ0v) is 17.7. The molecule has 3 rings (SSSR count). The van der Waals surface area contributed by atoms with Gasteiger partial charge in [-0.25, -0.2) is 4.98 Å².